The molecule has 0 bridgehead atoms. The molecule has 4 rings (SSSR count). The van der Waals surface area contributed by atoms with E-state index in [1.165, 1.54) is 0 Å². The molecule has 0 saturated carbocycles. The summed E-state index contributed by atoms with van der Waals surface area (Å²) < 4.78 is 0. The van der Waals surface area contributed by atoms with Crippen LogP contribution in [0.1, 0.15) is 5.56 Å². The van der Waals surface area contributed by atoms with Crippen molar-refractivity contribution < 1.29 is 4.79 Å². The molecule has 2 heteroatoms. The van der Waals surface area contributed by atoms with Crippen LogP contribution in [0.4, 0.5) is 5.69 Å². The zero-order chi connectivity index (χ0) is 12.1. The molecule has 2 heterocycles. The fourth-order valence-corrected chi connectivity index (χ4v) is 2.81. The van der Waals surface area contributed by atoms with E-state index in [1.807, 2.05) is 59.5 Å². The number of hydrogen-bond acceptors (Lipinski definition) is 1. The lowest BCUT2D eigenvalue weighted by Gasteiger charge is -2.24. The highest BCUT2D eigenvalue weighted by molar-refractivity contribution is 6.08. The molecule has 2 aliphatic heterocycles. The zero-order valence-electron chi connectivity index (χ0n) is 9.71. The third-order valence-corrected chi connectivity index (χ3v) is 3.65. The van der Waals surface area contributed by atoms with Crippen molar-refractivity contribution in [3.8, 4) is 0 Å². The van der Waals surface area contributed by atoms with Crippen molar-refractivity contribution in [2.24, 2.45) is 5.92 Å². The number of fused-ring (bicyclic) bond motifs is 4. The smallest absolute Gasteiger partial charge is 0.243 e. The number of carbonyl (C=O) groups excluding carboxylic acids is 1. The van der Waals surface area contributed by atoms with Crippen LogP contribution >= 0.6 is 0 Å². The van der Waals surface area contributed by atoms with Crippen LogP contribution in [0.2, 0.25) is 0 Å². The van der Waals surface area contributed by atoms with Crippen LogP contribution in [0.3, 0.4) is 0 Å². The first-order valence-electron chi connectivity index (χ1n) is 6.06. The molecule has 3 aliphatic rings. The monoisotopic (exact) mass is 233 g/mol. The van der Waals surface area contributed by atoms with Gasteiger partial charge in [0.1, 0.15) is 0 Å². The molecule has 0 N–H and O–H groups in total. The Bertz CT molecular complexity index is 676. The largest absolute Gasteiger partial charge is 0.279 e. The van der Waals surface area contributed by atoms with Gasteiger partial charge in [-0.15, -0.1) is 0 Å². The molecule has 0 radical (unpaired) electrons. The second kappa shape index (κ2) is 3.33. The van der Waals surface area contributed by atoms with E-state index < -0.39 is 0 Å². The Morgan fingerprint density at radius 2 is 1.89 bits per heavy atom. The molecule has 0 spiro atoms. The van der Waals surface area contributed by atoms with Gasteiger partial charge in [-0.05, 0) is 23.3 Å². The summed E-state index contributed by atoms with van der Waals surface area (Å²) in [6.45, 7) is 0. The van der Waals surface area contributed by atoms with Crippen molar-refractivity contribution in [3.63, 3.8) is 0 Å². The van der Waals surface area contributed by atoms with Crippen LogP contribution < -0.4 is 4.90 Å². The molecule has 1 unspecified atom stereocenters. The van der Waals surface area contributed by atoms with Crippen molar-refractivity contribution in [2.45, 2.75) is 0 Å². The molecular formula is C16H11NO. The van der Waals surface area contributed by atoms with Crippen molar-refractivity contribution >= 4 is 17.7 Å². The molecule has 1 aromatic carbocycles. The summed E-state index contributed by atoms with van der Waals surface area (Å²) in [5, 5.41) is 0. The minimum absolute atomic E-state index is 0.110. The SMILES string of the molecule is O=C1C2C=CC=CC2=C2C=Cc3ccccc3N12. The minimum atomic E-state index is -0.110. The summed E-state index contributed by atoms with van der Waals surface area (Å²) >= 11 is 0. The third kappa shape index (κ3) is 1.10. The number of nitrogens with zero attached hydrogens (tertiary/aromatic N) is 1. The van der Waals surface area contributed by atoms with Gasteiger partial charge >= 0.3 is 0 Å². The molecule has 1 atom stereocenters. The Hall–Kier alpha value is -2.35. The van der Waals surface area contributed by atoms with E-state index in [0.717, 1.165) is 22.5 Å². The first-order valence-corrected chi connectivity index (χ1v) is 6.06. The highest BCUT2D eigenvalue weighted by atomic mass is 16.2. The number of carbonyl (C=O) groups is 1. The average molecular weight is 233 g/mol. The molecule has 1 aliphatic carbocycles. The molecule has 2 nitrogen and oxygen atoms in total. The first-order chi connectivity index (χ1) is 8.86. The number of allylic oxidation sites excluding steroid dienone is 4. The molecule has 0 fully saturated rings. The molecule has 18 heavy (non-hydrogen) atoms. The van der Waals surface area contributed by atoms with E-state index in [9.17, 15) is 4.79 Å². The van der Waals surface area contributed by atoms with Crippen molar-refractivity contribution in [1.29, 1.82) is 0 Å². The molecule has 1 amide bonds. The number of anilines is 1. The Morgan fingerprint density at radius 3 is 2.83 bits per heavy atom. The normalized spacial score (nSPS) is 23.2. The van der Waals surface area contributed by atoms with Crippen LogP contribution in [-0.2, 0) is 4.79 Å². The summed E-state index contributed by atoms with van der Waals surface area (Å²) in [7, 11) is 0. The summed E-state index contributed by atoms with van der Waals surface area (Å²) in [4.78, 5) is 14.3. The van der Waals surface area contributed by atoms with Crippen LogP contribution in [-0.4, -0.2) is 5.91 Å². The highest BCUT2D eigenvalue weighted by Crippen LogP contribution is 2.41. The Labute approximate surface area is 105 Å². The van der Waals surface area contributed by atoms with E-state index >= 15 is 0 Å². The quantitative estimate of drug-likeness (QED) is 0.674. The predicted octanol–water partition coefficient (Wildman–Crippen LogP) is 3.06. The Balaban J connectivity index is 1.97. The van der Waals surface area contributed by atoms with Crippen LogP contribution in [0, 0.1) is 5.92 Å². The van der Waals surface area contributed by atoms with Gasteiger partial charge < -0.3 is 0 Å². The Kier molecular flexibility index (Phi) is 1.78. The van der Waals surface area contributed by atoms with Gasteiger partial charge in [-0.25, -0.2) is 0 Å². The van der Waals surface area contributed by atoms with E-state index in [1.54, 1.807) is 0 Å². The number of amides is 1. The predicted molar refractivity (Wildman–Crippen MR) is 71.8 cm³/mol. The van der Waals surface area contributed by atoms with Gasteiger partial charge in [-0.3, -0.25) is 9.69 Å². The number of benzene rings is 1. The summed E-state index contributed by atoms with van der Waals surface area (Å²) in [5.41, 5.74) is 4.21. The fourth-order valence-electron chi connectivity index (χ4n) is 2.81. The van der Waals surface area contributed by atoms with E-state index in [4.69, 9.17) is 0 Å². The number of rotatable bonds is 0. The Morgan fingerprint density at radius 1 is 1.00 bits per heavy atom. The van der Waals surface area contributed by atoms with Gasteiger partial charge in [0.2, 0.25) is 5.91 Å². The molecular weight excluding hydrogens is 222 g/mol. The number of para-hydroxylation sites is 1. The average Bonchev–Trinajstić information content (AvgIpc) is 2.73. The van der Waals surface area contributed by atoms with Crippen LogP contribution in [0.15, 0.2) is 65.9 Å². The highest BCUT2D eigenvalue weighted by Gasteiger charge is 2.39. The molecule has 0 saturated heterocycles. The summed E-state index contributed by atoms with van der Waals surface area (Å²) in [6, 6.07) is 8.01. The van der Waals surface area contributed by atoms with E-state index in [2.05, 4.69) is 6.08 Å². The summed E-state index contributed by atoms with van der Waals surface area (Å²) in [5.74, 6) is 0.0400. The van der Waals surface area contributed by atoms with Gasteiger partial charge in [0.05, 0.1) is 17.3 Å². The van der Waals surface area contributed by atoms with Crippen LogP contribution in [0.5, 0.6) is 0 Å². The second-order valence-electron chi connectivity index (χ2n) is 4.63. The van der Waals surface area contributed by atoms with Gasteiger partial charge in [0.15, 0.2) is 0 Å². The maximum Gasteiger partial charge on any atom is 0.243 e. The lowest BCUT2D eigenvalue weighted by Crippen LogP contribution is -2.29. The van der Waals surface area contributed by atoms with Gasteiger partial charge in [0.25, 0.3) is 0 Å². The summed E-state index contributed by atoms with van der Waals surface area (Å²) in [6.07, 6.45) is 12.1. The third-order valence-electron chi connectivity index (χ3n) is 3.65. The zero-order valence-corrected chi connectivity index (χ0v) is 9.71. The maximum atomic E-state index is 12.5. The minimum Gasteiger partial charge on any atom is -0.279 e. The standard InChI is InChI=1S/C16H11NO/c18-16-13-7-3-2-6-12(13)15-10-9-11-5-1-4-8-14(11)17(15)16/h1-10,13H. The second-order valence-corrected chi connectivity index (χ2v) is 4.63. The van der Waals surface area contributed by atoms with Crippen molar-refractivity contribution in [1.82, 2.24) is 0 Å². The van der Waals surface area contributed by atoms with Gasteiger partial charge in [-0.1, -0.05) is 48.6 Å². The maximum absolute atomic E-state index is 12.5. The lowest BCUT2D eigenvalue weighted by atomic mass is 9.95. The molecule has 0 aromatic heterocycles. The van der Waals surface area contributed by atoms with E-state index in [-0.39, 0.29) is 11.8 Å². The lowest BCUT2D eigenvalue weighted by molar-refractivity contribution is -0.118. The van der Waals surface area contributed by atoms with Gasteiger partial charge in [-0.2, -0.15) is 0 Å². The van der Waals surface area contributed by atoms with Crippen molar-refractivity contribution in [3.05, 3.63) is 71.5 Å². The molecule has 1 aromatic rings. The van der Waals surface area contributed by atoms with Gasteiger partial charge in [0, 0.05) is 0 Å². The first kappa shape index (κ1) is 9.66. The van der Waals surface area contributed by atoms with E-state index in [0.29, 0.717) is 0 Å². The topological polar surface area (TPSA) is 20.3 Å². The number of hydrogen-bond donors (Lipinski definition) is 0. The van der Waals surface area contributed by atoms with Crippen molar-refractivity contribution in [2.75, 3.05) is 4.90 Å². The molecule has 86 valence electrons. The van der Waals surface area contributed by atoms with Crippen LogP contribution in [0.25, 0.3) is 6.08 Å². The fraction of sp³-hybridized carbons (Fsp3) is 0.0625.